The second-order valence-electron chi connectivity index (χ2n) is 10.3. The molecule has 4 heteroatoms. The van der Waals surface area contributed by atoms with E-state index >= 15 is 0 Å². The van der Waals surface area contributed by atoms with Crippen molar-refractivity contribution < 1.29 is 0 Å². The third-order valence-corrected chi connectivity index (χ3v) is 7.67. The molecule has 1 heterocycles. The van der Waals surface area contributed by atoms with E-state index in [1.165, 1.54) is 76.2 Å². The van der Waals surface area contributed by atoms with E-state index in [0.717, 1.165) is 21.7 Å². The fourth-order valence-corrected chi connectivity index (χ4v) is 5.65. The summed E-state index contributed by atoms with van der Waals surface area (Å²) in [6, 6.07) is 26.7. The Bertz CT molecular complexity index is 1200. The standard InChI is InChI=1S/C33H36ClN3/c34-30-23-28(25-16-10-6-4-2-1-3-5-7-11-17-25)22-29(24-30)33-36-31(26-18-12-8-13-19-26)35-32(37-33)27-20-14-9-15-21-27/h8-9,12-15,18-25H,1-7,10-11,16-17H2. The minimum Gasteiger partial charge on any atom is -0.208 e. The highest BCUT2D eigenvalue weighted by Crippen LogP contribution is 2.34. The highest BCUT2D eigenvalue weighted by atomic mass is 35.5. The smallest absolute Gasteiger partial charge is 0.164 e. The molecule has 1 aromatic heterocycles. The van der Waals surface area contributed by atoms with Gasteiger partial charge in [0.15, 0.2) is 17.5 Å². The third kappa shape index (κ3) is 7.05. The van der Waals surface area contributed by atoms with Gasteiger partial charge in [-0.15, -0.1) is 0 Å². The molecule has 37 heavy (non-hydrogen) atoms. The number of halogens is 1. The summed E-state index contributed by atoms with van der Waals surface area (Å²) in [7, 11) is 0. The lowest BCUT2D eigenvalue weighted by molar-refractivity contribution is 0.467. The van der Waals surface area contributed by atoms with Crippen molar-refractivity contribution in [2.45, 2.75) is 76.5 Å². The number of hydrogen-bond acceptors (Lipinski definition) is 3. The highest BCUT2D eigenvalue weighted by molar-refractivity contribution is 6.31. The van der Waals surface area contributed by atoms with Crippen molar-refractivity contribution in [2.24, 2.45) is 0 Å². The van der Waals surface area contributed by atoms with Crippen LogP contribution >= 0.6 is 11.6 Å². The van der Waals surface area contributed by atoms with Crippen LogP contribution < -0.4 is 0 Å². The Morgan fingerprint density at radius 3 is 1.41 bits per heavy atom. The quantitative estimate of drug-likeness (QED) is 0.274. The highest BCUT2D eigenvalue weighted by Gasteiger charge is 2.17. The SMILES string of the molecule is Clc1cc(-c2nc(-c3ccccc3)nc(-c3ccccc3)n2)cc(C2CCCCCCCCCCC2)c1. The predicted octanol–water partition coefficient (Wildman–Crippen LogP) is 9.91. The van der Waals surface area contributed by atoms with Gasteiger partial charge in [-0.25, -0.2) is 15.0 Å². The molecule has 0 spiro atoms. The maximum atomic E-state index is 6.74. The third-order valence-electron chi connectivity index (χ3n) is 7.45. The summed E-state index contributed by atoms with van der Waals surface area (Å²) in [6.07, 6.45) is 14.6. The average molecular weight is 510 g/mol. The topological polar surface area (TPSA) is 38.7 Å². The van der Waals surface area contributed by atoms with E-state index in [1.807, 2.05) is 66.7 Å². The number of benzene rings is 3. The molecule has 1 aliphatic carbocycles. The molecule has 5 rings (SSSR count). The van der Waals surface area contributed by atoms with Gasteiger partial charge in [0.05, 0.1) is 0 Å². The van der Waals surface area contributed by atoms with Crippen LogP contribution in [0.5, 0.6) is 0 Å². The van der Waals surface area contributed by atoms with Gasteiger partial charge in [-0.05, 0) is 42.5 Å². The summed E-state index contributed by atoms with van der Waals surface area (Å²) < 4.78 is 0. The van der Waals surface area contributed by atoms with Gasteiger partial charge in [0.2, 0.25) is 0 Å². The molecule has 3 aromatic carbocycles. The lowest BCUT2D eigenvalue weighted by Gasteiger charge is -2.20. The van der Waals surface area contributed by atoms with Gasteiger partial charge in [-0.2, -0.15) is 0 Å². The zero-order valence-corrected chi connectivity index (χ0v) is 22.3. The Balaban J connectivity index is 1.52. The maximum Gasteiger partial charge on any atom is 0.164 e. The first-order chi connectivity index (χ1) is 18.3. The molecule has 1 aliphatic rings. The summed E-state index contributed by atoms with van der Waals surface area (Å²) in [6.45, 7) is 0. The molecular formula is C33H36ClN3. The van der Waals surface area contributed by atoms with Crippen molar-refractivity contribution in [1.82, 2.24) is 15.0 Å². The van der Waals surface area contributed by atoms with Crippen LogP contribution in [0.2, 0.25) is 5.02 Å². The average Bonchev–Trinajstić information content (AvgIpc) is 2.94. The Labute approximate surface area is 226 Å². The van der Waals surface area contributed by atoms with Gasteiger partial charge < -0.3 is 0 Å². The minimum atomic E-state index is 0.529. The molecule has 0 amide bonds. The van der Waals surface area contributed by atoms with Crippen LogP contribution in [-0.2, 0) is 0 Å². The first kappa shape index (κ1) is 25.6. The Morgan fingerprint density at radius 1 is 0.486 bits per heavy atom. The van der Waals surface area contributed by atoms with Crippen molar-refractivity contribution in [3.8, 4) is 34.2 Å². The summed E-state index contributed by atoms with van der Waals surface area (Å²) >= 11 is 6.74. The molecule has 4 aromatic rings. The fraction of sp³-hybridized carbons (Fsp3) is 0.364. The van der Waals surface area contributed by atoms with Crippen LogP contribution in [0.25, 0.3) is 34.2 Å². The lowest BCUT2D eigenvalue weighted by Crippen LogP contribution is -2.03. The van der Waals surface area contributed by atoms with Crippen LogP contribution in [-0.4, -0.2) is 15.0 Å². The largest absolute Gasteiger partial charge is 0.208 e. The van der Waals surface area contributed by atoms with Crippen LogP contribution in [0, 0.1) is 0 Å². The first-order valence-corrected chi connectivity index (χ1v) is 14.3. The molecule has 1 saturated carbocycles. The number of hydrogen-bond donors (Lipinski definition) is 0. The number of aromatic nitrogens is 3. The molecule has 3 nitrogen and oxygen atoms in total. The van der Waals surface area contributed by atoms with Crippen molar-refractivity contribution in [3.63, 3.8) is 0 Å². The molecule has 0 aliphatic heterocycles. The van der Waals surface area contributed by atoms with Crippen molar-refractivity contribution in [1.29, 1.82) is 0 Å². The normalized spacial score (nSPS) is 16.0. The number of rotatable bonds is 4. The molecule has 0 saturated heterocycles. The monoisotopic (exact) mass is 509 g/mol. The van der Waals surface area contributed by atoms with E-state index < -0.39 is 0 Å². The molecule has 190 valence electrons. The Kier molecular flexibility index (Phi) is 8.97. The van der Waals surface area contributed by atoms with E-state index in [-0.39, 0.29) is 0 Å². The lowest BCUT2D eigenvalue weighted by atomic mass is 9.86. The molecule has 0 unspecified atom stereocenters. The van der Waals surface area contributed by atoms with Crippen LogP contribution in [0.1, 0.15) is 82.1 Å². The van der Waals surface area contributed by atoms with Crippen molar-refractivity contribution in [3.05, 3.63) is 89.4 Å². The second-order valence-corrected chi connectivity index (χ2v) is 10.7. The summed E-state index contributed by atoms with van der Waals surface area (Å²) in [4.78, 5) is 14.7. The van der Waals surface area contributed by atoms with E-state index in [4.69, 9.17) is 26.6 Å². The Hall–Kier alpha value is -3.04. The molecule has 0 N–H and O–H groups in total. The van der Waals surface area contributed by atoms with Crippen LogP contribution in [0.3, 0.4) is 0 Å². The second kappa shape index (κ2) is 13.0. The van der Waals surface area contributed by atoms with Crippen molar-refractivity contribution in [2.75, 3.05) is 0 Å². The predicted molar refractivity (Wildman–Crippen MR) is 155 cm³/mol. The van der Waals surface area contributed by atoms with Gasteiger partial charge in [0.1, 0.15) is 0 Å². The van der Waals surface area contributed by atoms with Crippen LogP contribution in [0.15, 0.2) is 78.9 Å². The van der Waals surface area contributed by atoms with Gasteiger partial charge in [-0.1, -0.05) is 130 Å². The summed E-state index contributed by atoms with van der Waals surface area (Å²) in [5.41, 5.74) is 4.24. The van der Waals surface area contributed by atoms with Crippen LogP contribution in [0.4, 0.5) is 0 Å². The molecule has 0 bridgehead atoms. The molecule has 0 radical (unpaired) electrons. The minimum absolute atomic E-state index is 0.529. The van der Waals surface area contributed by atoms with Gasteiger partial charge in [-0.3, -0.25) is 0 Å². The fourth-order valence-electron chi connectivity index (χ4n) is 5.41. The van der Waals surface area contributed by atoms with Gasteiger partial charge in [0.25, 0.3) is 0 Å². The molecular weight excluding hydrogens is 474 g/mol. The Morgan fingerprint density at radius 2 is 0.919 bits per heavy atom. The molecule has 0 atom stereocenters. The summed E-state index contributed by atoms with van der Waals surface area (Å²) in [5, 5.41) is 0.751. The van der Waals surface area contributed by atoms with E-state index in [0.29, 0.717) is 23.4 Å². The molecule has 1 fully saturated rings. The maximum absolute atomic E-state index is 6.74. The first-order valence-electron chi connectivity index (χ1n) is 13.9. The summed E-state index contributed by atoms with van der Waals surface area (Å²) in [5.74, 6) is 2.56. The van der Waals surface area contributed by atoms with Gasteiger partial charge >= 0.3 is 0 Å². The van der Waals surface area contributed by atoms with Crippen molar-refractivity contribution >= 4 is 11.6 Å². The zero-order valence-electron chi connectivity index (χ0n) is 21.6. The van der Waals surface area contributed by atoms with Gasteiger partial charge in [0, 0.05) is 21.7 Å². The van der Waals surface area contributed by atoms with E-state index in [9.17, 15) is 0 Å². The zero-order chi connectivity index (χ0) is 25.3. The number of nitrogens with zero attached hydrogens (tertiary/aromatic N) is 3. The van der Waals surface area contributed by atoms with E-state index in [1.54, 1.807) is 0 Å². The van der Waals surface area contributed by atoms with E-state index in [2.05, 4.69) is 12.1 Å².